The van der Waals surface area contributed by atoms with Gasteiger partial charge in [0.25, 0.3) is 5.56 Å². The zero-order valence-corrected chi connectivity index (χ0v) is 18.9. The Morgan fingerprint density at radius 2 is 1.91 bits per heavy atom. The summed E-state index contributed by atoms with van der Waals surface area (Å²) >= 11 is 1.44. The van der Waals surface area contributed by atoms with Gasteiger partial charge in [0, 0.05) is 38.5 Å². The average Bonchev–Trinajstić information content (AvgIpc) is 3.44. The summed E-state index contributed by atoms with van der Waals surface area (Å²) in [6.07, 6.45) is 2.90. The Labute approximate surface area is 186 Å². The summed E-state index contributed by atoms with van der Waals surface area (Å²) < 4.78 is 8.79. The number of carbonyl (C=O) groups is 2. The number of carbonyl (C=O) groups excluding carboxylic acids is 2. The van der Waals surface area contributed by atoms with Crippen LogP contribution in [0.3, 0.4) is 0 Å². The van der Waals surface area contributed by atoms with Crippen LogP contribution in [0, 0.1) is 0 Å². The molecule has 3 aromatic rings. The maximum absolute atomic E-state index is 12.9. The molecular weight excluding hydrogens is 436 g/mol. The van der Waals surface area contributed by atoms with E-state index in [2.05, 4.69) is 9.97 Å². The van der Waals surface area contributed by atoms with Gasteiger partial charge >= 0.3 is 11.7 Å². The van der Waals surface area contributed by atoms with Crippen LogP contribution in [0.4, 0.5) is 0 Å². The first-order valence-electron chi connectivity index (χ1n) is 10.3. The molecule has 0 radical (unpaired) electrons. The van der Waals surface area contributed by atoms with Crippen molar-refractivity contribution < 1.29 is 14.3 Å². The minimum Gasteiger partial charge on any atom is -0.461 e. The molecule has 1 saturated heterocycles. The third-order valence-electron chi connectivity index (χ3n) is 5.73. The minimum absolute atomic E-state index is 0.0289. The molecule has 1 amide bonds. The molecule has 0 bridgehead atoms. The number of fused-ring (bicyclic) bond motifs is 1. The molecule has 0 spiro atoms. The molecule has 0 N–H and O–H groups in total. The van der Waals surface area contributed by atoms with E-state index >= 15 is 0 Å². The van der Waals surface area contributed by atoms with E-state index in [1.165, 1.54) is 33.8 Å². The van der Waals surface area contributed by atoms with Crippen LogP contribution in [0.5, 0.6) is 0 Å². The van der Waals surface area contributed by atoms with E-state index in [4.69, 9.17) is 4.74 Å². The summed E-state index contributed by atoms with van der Waals surface area (Å²) in [5, 5.41) is 2.59. The Bertz CT molecular complexity index is 1290. The van der Waals surface area contributed by atoms with Gasteiger partial charge in [-0.15, -0.1) is 11.3 Å². The fourth-order valence-electron chi connectivity index (χ4n) is 3.91. The molecule has 12 heteroatoms. The van der Waals surface area contributed by atoms with Gasteiger partial charge in [0.15, 0.2) is 16.9 Å². The van der Waals surface area contributed by atoms with Gasteiger partial charge < -0.3 is 14.2 Å². The second kappa shape index (κ2) is 8.69. The number of likely N-dealkylation sites (tertiary alicyclic amines) is 1. The normalized spacial score (nSPS) is 14.8. The van der Waals surface area contributed by atoms with Crippen LogP contribution < -0.4 is 11.2 Å². The first kappa shape index (κ1) is 21.9. The summed E-state index contributed by atoms with van der Waals surface area (Å²) in [5.74, 6) is -0.355. The molecule has 4 rings (SSSR count). The predicted octanol–water partition coefficient (Wildman–Crippen LogP) is 0.473. The Kier molecular flexibility index (Phi) is 5.96. The predicted molar refractivity (Wildman–Crippen MR) is 117 cm³/mol. The van der Waals surface area contributed by atoms with E-state index in [9.17, 15) is 19.2 Å². The lowest BCUT2D eigenvalue weighted by atomic mass is 9.97. The maximum atomic E-state index is 12.9. The molecule has 170 valence electrons. The molecular formula is C20H24N6O5S. The number of aryl methyl sites for hydroxylation is 1. The Morgan fingerprint density at radius 1 is 1.19 bits per heavy atom. The van der Waals surface area contributed by atoms with E-state index < -0.39 is 17.2 Å². The van der Waals surface area contributed by atoms with E-state index in [0.29, 0.717) is 25.4 Å². The highest BCUT2D eigenvalue weighted by atomic mass is 32.1. The van der Waals surface area contributed by atoms with Gasteiger partial charge in [-0.1, -0.05) is 0 Å². The van der Waals surface area contributed by atoms with Crippen molar-refractivity contribution in [3.8, 4) is 0 Å². The van der Waals surface area contributed by atoms with Crippen LogP contribution in [-0.2, 0) is 30.2 Å². The summed E-state index contributed by atoms with van der Waals surface area (Å²) in [4.78, 5) is 59.7. The van der Waals surface area contributed by atoms with E-state index in [-0.39, 0.29) is 29.5 Å². The third-order valence-corrected chi connectivity index (χ3v) is 6.73. The van der Waals surface area contributed by atoms with Crippen molar-refractivity contribution in [1.29, 1.82) is 0 Å². The number of thiazole rings is 1. The zero-order valence-electron chi connectivity index (χ0n) is 18.1. The second-order valence-electron chi connectivity index (χ2n) is 7.70. The van der Waals surface area contributed by atoms with Crippen LogP contribution in [0.2, 0.25) is 0 Å². The molecule has 0 atom stereocenters. The lowest BCUT2D eigenvalue weighted by molar-refractivity contribution is -0.132. The molecule has 1 aliphatic rings. The van der Waals surface area contributed by atoms with Crippen molar-refractivity contribution in [2.45, 2.75) is 32.2 Å². The molecule has 0 unspecified atom stereocenters. The number of nitrogens with zero attached hydrogens (tertiary/aromatic N) is 6. The molecule has 0 aliphatic carbocycles. The molecule has 0 aromatic carbocycles. The number of aromatic nitrogens is 5. The highest BCUT2D eigenvalue weighted by Crippen LogP contribution is 2.30. The highest BCUT2D eigenvalue weighted by Gasteiger charge is 2.27. The highest BCUT2D eigenvalue weighted by molar-refractivity contribution is 7.09. The summed E-state index contributed by atoms with van der Waals surface area (Å²) in [6, 6.07) is 0. The fraction of sp³-hybridized carbons (Fsp3) is 0.500. The zero-order chi connectivity index (χ0) is 23.0. The standard InChI is InChI=1S/C20H24N6O5S/c1-4-31-19(29)13-10-32-17(22-13)12-5-7-25(8-6-12)14(27)9-26-11-21-16-15(26)18(28)24(3)20(30)23(16)2/h10-12H,4-9H2,1-3H3. The second-order valence-corrected chi connectivity index (χ2v) is 8.59. The van der Waals surface area contributed by atoms with E-state index in [0.717, 1.165) is 22.4 Å². The number of imidazole rings is 1. The molecule has 1 aliphatic heterocycles. The largest absolute Gasteiger partial charge is 0.461 e. The molecule has 4 heterocycles. The van der Waals surface area contributed by atoms with Gasteiger partial charge in [-0.2, -0.15) is 0 Å². The van der Waals surface area contributed by atoms with E-state index in [1.54, 1.807) is 24.3 Å². The van der Waals surface area contributed by atoms with Crippen molar-refractivity contribution in [3.63, 3.8) is 0 Å². The van der Waals surface area contributed by atoms with Crippen LogP contribution in [-0.4, -0.2) is 60.1 Å². The fourth-order valence-corrected chi connectivity index (χ4v) is 4.87. The summed E-state index contributed by atoms with van der Waals surface area (Å²) in [6.45, 7) is 3.14. The number of amides is 1. The SMILES string of the molecule is CCOC(=O)c1csc(C2CCN(C(=O)Cn3cnc4c3c(=O)n(C)c(=O)n4C)CC2)n1. The number of esters is 1. The van der Waals surface area contributed by atoms with Crippen molar-refractivity contribution in [2.75, 3.05) is 19.7 Å². The van der Waals surface area contributed by atoms with Crippen molar-refractivity contribution >= 4 is 34.4 Å². The molecule has 3 aromatic heterocycles. The van der Waals surface area contributed by atoms with Gasteiger partial charge in [0.1, 0.15) is 6.54 Å². The van der Waals surface area contributed by atoms with Gasteiger partial charge in [0.2, 0.25) is 5.91 Å². The topological polar surface area (TPSA) is 121 Å². The number of ether oxygens (including phenoxy) is 1. The Morgan fingerprint density at radius 3 is 2.59 bits per heavy atom. The van der Waals surface area contributed by atoms with Gasteiger partial charge in [-0.25, -0.2) is 19.6 Å². The molecule has 11 nitrogen and oxygen atoms in total. The molecule has 32 heavy (non-hydrogen) atoms. The summed E-state index contributed by atoms with van der Waals surface area (Å²) in [7, 11) is 2.94. The quantitative estimate of drug-likeness (QED) is 0.508. The van der Waals surface area contributed by atoms with E-state index in [1.807, 2.05) is 0 Å². The van der Waals surface area contributed by atoms with Crippen LogP contribution in [0.1, 0.15) is 41.2 Å². The number of hydrogen-bond donors (Lipinski definition) is 0. The number of rotatable bonds is 5. The van der Waals surface area contributed by atoms with Crippen molar-refractivity contribution in [1.82, 2.24) is 28.6 Å². The van der Waals surface area contributed by atoms with Crippen molar-refractivity contribution in [2.24, 2.45) is 14.1 Å². The van der Waals surface area contributed by atoms with Crippen molar-refractivity contribution in [3.05, 3.63) is 43.2 Å². The Hall–Kier alpha value is -3.28. The van der Waals surface area contributed by atoms with Crippen LogP contribution in [0.15, 0.2) is 21.3 Å². The third kappa shape index (κ3) is 3.85. The lowest BCUT2D eigenvalue weighted by Crippen LogP contribution is -2.40. The maximum Gasteiger partial charge on any atom is 0.357 e. The van der Waals surface area contributed by atoms with Gasteiger partial charge in [0.05, 0.1) is 17.9 Å². The van der Waals surface area contributed by atoms with Crippen LogP contribution >= 0.6 is 11.3 Å². The lowest BCUT2D eigenvalue weighted by Gasteiger charge is -2.31. The summed E-state index contributed by atoms with van der Waals surface area (Å²) in [5.41, 5.74) is -0.131. The minimum atomic E-state index is -0.478. The van der Waals surface area contributed by atoms with Crippen LogP contribution in [0.25, 0.3) is 11.2 Å². The number of hydrogen-bond acceptors (Lipinski definition) is 8. The van der Waals surface area contributed by atoms with Gasteiger partial charge in [-0.05, 0) is 19.8 Å². The monoisotopic (exact) mass is 460 g/mol. The smallest absolute Gasteiger partial charge is 0.357 e. The Balaban J connectivity index is 1.43. The average molecular weight is 461 g/mol. The van der Waals surface area contributed by atoms with Gasteiger partial charge in [-0.3, -0.25) is 18.7 Å². The first-order chi connectivity index (χ1) is 15.3. The molecule has 1 fully saturated rings. The number of piperidine rings is 1. The first-order valence-corrected chi connectivity index (χ1v) is 11.2. The molecule has 0 saturated carbocycles.